The molecule has 0 spiro atoms. The molecule has 0 aromatic heterocycles. The highest BCUT2D eigenvalue weighted by atomic mass is 32.2. The molecular formula is C17H18FNOS. The standard InChI is InChI=1S/C17H18FNOS/c1-19(12-14-5-9-16(21-2)10-6-14)17(20)11-13-3-7-15(18)8-4-13/h3-10H,11-12H2,1-2H3. The van der Waals surface area contributed by atoms with Gasteiger partial charge in [-0.1, -0.05) is 24.3 Å². The molecule has 0 aliphatic carbocycles. The molecule has 4 heteroatoms. The van der Waals surface area contributed by atoms with Gasteiger partial charge in [0, 0.05) is 18.5 Å². The lowest BCUT2D eigenvalue weighted by atomic mass is 10.1. The molecule has 0 N–H and O–H groups in total. The molecule has 0 aliphatic rings. The molecule has 1 amide bonds. The monoisotopic (exact) mass is 303 g/mol. The van der Waals surface area contributed by atoms with E-state index in [0.717, 1.165) is 11.1 Å². The molecule has 0 saturated heterocycles. The van der Waals surface area contributed by atoms with Crippen LogP contribution in [0.3, 0.4) is 0 Å². The van der Waals surface area contributed by atoms with Crippen molar-refractivity contribution in [3.05, 3.63) is 65.5 Å². The lowest BCUT2D eigenvalue weighted by molar-refractivity contribution is -0.129. The van der Waals surface area contributed by atoms with E-state index in [-0.39, 0.29) is 11.7 Å². The summed E-state index contributed by atoms with van der Waals surface area (Å²) in [6.45, 7) is 0.578. The van der Waals surface area contributed by atoms with Crippen molar-refractivity contribution >= 4 is 17.7 Å². The molecule has 0 saturated carbocycles. The molecule has 0 atom stereocenters. The Kier molecular flexibility index (Phi) is 5.39. The number of halogens is 1. The Bertz CT molecular complexity index is 595. The van der Waals surface area contributed by atoms with Gasteiger partial charge in [-0.3, -0.25) is 4.79 Å². The van der Waals surface area contributed by atoms with Gasteiger partial charge in [-0.15, -0.1) is 11.8 Å². The van der Waals surface area contributed by atoms with Gasteiger partial charge in [-0.25, -0.2) is 4.39 Å². The zero-order valence-corrected chi connectivity index (χ0v) is 13.0. The van der Waals surface area contributed by atoms with Crippen molar-refractivity contribution in [1.82, 2.24) is 4.90 Å². The Hall–Kier alpha value is -1.81. The van der Waals surface area contributed by atoms with Gasteiger partial charge in [0.15, 0.2) is 0 Å². The van der Waals surface area contributed by atoms with E-state index in [1.54, 1.807) is 35.8 Å². The molecule has 2 nitrogen and oxygen atoms in total. The lowest BCUT2D eigenvalue weighted by Gasteiger charge is -2.17. The van der Waals surface area contributed by atoms with E-state index >= 15 is 0 Å². The van der Waals surface area contributed by atoms with Gasteiger partial charge in [-0.2, -0.15) is 0 Å². The van der Waals surface area contributed by atoms with Crippen LogP contribution in [0.1, 0.15) is 11.1 Å². The number of rotatable bonds is 5. The molecule has 2 aromatic rings. The molecule has 2 aromatic carbocycles. The second-order valence-corrected chi connectivity index (χ2v) is 5.78. The fraction of sp³-hybridized carbons (Fsp3) is 0.235. The third-order valence-corrected chi connectivity index (χ3v) is 4.02. The molecule has 0 radical (unpaired) electrons. The maximum absolute atomic E-state index is 12.8. The van der Waals surface area contributed by atoms with Crippen molar-refractivity contribution in [2.45, 2.75) is 17.9 Å². The molecule has 0 unspecified atom stereocenters. The Morgan fingerprint density at radius 2 is 1.62 bits per heavy atom. The summed E-state index contributed by atoms with van der Waals surface area (Å²) in [5.41, 5.74) is 1.92. The number of carbonyl (C=O) groups is 1. The van der Waals surface area contributed by atoms with Crippen LogP contribution in [-0.2, 0) is 17.8 Å². The summed E-state index contributed by atoms with van der Waals surface area (Å²) < 4.78 is 12.8. The second kappa shape index (κ2) is 7.27. The second-order valence-electron chi connectivity index (χ2n) is 4.90. The fourth-order valence-electron chi connectivity index (χ4n) is 2.00. The zero-order chi connectivity index (χ0) is 15.2. The van der Waals surface area contributed by atoms with Crippen molar-refractivity contribution in [3.8, 4) is 0 Å². The maximum Gasteiger partial charge on any atom is 0.227 e. The number of hydrogen-bond donors (Lipinski definition) is 0. The van der Waals surface area contributed by atoms with Crippen LogP contribution < -0.4 is 0 Å². The van der Waals surface area contributed by atoms with Crippen LogP contribution in [0.2, 0.25) is 0 Å². The van der Waals surface area contributed by atoms with Crippen LogP contribution in [0.15, 0.2) is 53.4 Å². The van der Waals surface area contributed by atoms with Crippen LogP contribution in [0.4, 0.5) is 4.39 Å². The summed E-state index contributed by atoms with van der Waals surface area (Å²) in [5.74, 6) is -0.260. The Morgan fingerprint density at radius 3 is 2.19 bits per heavy atom. The molecule has 0 fully saturated rings. The van der Waals surface area contributed by atoms with Gasteiger partial charge < -0.3 is 4.90 Å². The van der Waals surface area contributed by atoms with Gasteiger partial charge in [0.2, 0.25) is 5.91 Å². The van der Waals surface area contributed by atoms with E-state index in [2.05, 4.69) is 12.1 Å². The summed E-state index contributed by atoms with van der Waals surface area (Å²) in [4.78, 5) is 15.1. The summed E-state index contributed by atoms with van der Waals surface area (Å²) in [7, 11) is 1.79. The third-order valence-electron chi connectivity index (χ3n) is 3.27. The molecule has 21 heavy (non-hydrogen) atoms. The van der Waals surface area contributed by atoms with E-state index < -0.39 is 0 Å². The van der Waals surface area contributed by atoms with E-state index in [1.807, 2.05) is 18.4 Å². The summed E-state index contributed by atoms with van der Waals surface area (Å²) in [5, 5.41) is 0. The first-order valence-electron chi connectivity index (χ1n) is 6.70. The van der Waals surface area contributed by atoms with Gasteiger partial charge in [0.05, 0.1) is 6.42 Å². The zero-order valence-electron chi connectivity index (χ0n) is 12.2. The first-order chi connectivity index (χ1) is 10.1. The van der Waals surface area contributed by atoms with Crippen LogP contribution in [0.5, 0.6) is 0 Å². The number of nitrogens with zero attached hydrogens (tertiary/aromatic N) is 1. The van der Waals surface area contributed by atoms with Crippen molar-refractivity contribution in [2.24, 2.45) is 0 Å². The summed E-state index contributed by atoms with van der Waals surface area (Å²) in [6, 6.07) is 14.2. The quantitative estimate of drug-likeness (QED) is 0.784. The minimum Gasteiger partial charge on any atom is -0.341 e. The smallest absolute Gasteiger partial charge is 0.227 e. The van der Waals surface area contributed by atoms with Crippen molar-refractivity contribution in [2.75, 3.05) is 13.3 Å². The summed E-state index contributed by atoms with van der Waals surface area (Å²) >= 11 is 1.69. The highest BCUT2D eigenvalue weighted by Gasteiger charge is 2.10. The van der Waals surface area contributed by atoms with Gasteiger partial charge in [0.1, 0.15) is 5.82 Å². The van der Waals surface area contributed by atoms with Crippen LogP contribution in [-0.4, -0.2) is 24.1 Å². The maximum atomic E-state index is 12.8. The SMILES string of the molecule is CSc1ccc(CN(C)C(=O)Cc2ccc(F)cc2)cc1. The Labute approximate surface area is 129 Å². The van der Waals surface area contributed by atoms with Crippen molar-refractivity contribution < 1.29 is 9.18 Å². The van der Waals surface area contributed by atoms with E-state index in [1.165, 1.54) is 17.0 Å². The number of carbonyl (C=O) groups excluding carboxylic acids is 1. The Morgan fingerprint density at radius 1 is 1.05 bits per heavy atom. The Balaban J connectivity index is 1.93. The molecule has 0 aliphatic heterocycles. The van der Waals surface area contributed by atoms with E-state index in [0.29, 0.717) is 13.0 Å². The molecule has 110 valence electrons. The average Bonchev–Trinajstić information content (AvgIpc) is 2.50. The topological polar surface area (TPSA) is 20.3 Å². The number of benzene rings is 2. The predicted octanol–water partition coefficient (Wildman–Crippen LogP) is 3.75. The molecule has 0 heterocycles. The highest BCUT2D eigenvalue weighted by molar-refractivity contribution is 7.98. The number of thioether (sulfide) groups is 1. The molecular weight excluding hydrogens is 285 g/mol. The average molecular weight is 303 g/mol. The lowest BCUT2D eigenvalue weighted by Crippen LogP contribution is -2.27. The van der Waals surface area contributed by atoms with Crippen LogP contribution in [0.25, 0.3) is 0 Å². The highest BCUT2D eigenvalue weighted by Crippen LogP contribution is 2.16. The van der Waals surface area contributed by atoms with Gasteiger partial charge in [0.25, 0.3) is 0 Å². The summed E-state index contributed by atoms with van der Waals surface area (Å²) in [6.07, 6.45) is 2.33. The van der Waals surface area contributed by atoms with Crippen LogP contribution >= 0.6 is 11.8 Å². The minimum absolute atomic E-state index is 0.0237. The molecule has 2 rings (SSSR count). The minimum atomic E-state index is -0.284. The van der Waals surface area contributed by atoms with E-state index in [9.17, 15) is 9.18 Å². The van der Waals surface area contributed by atoms with Crippen LogP contribution in [0, 0.1) is 5.82 Å². The normalized spacial score (nSPS) is 10.4. The van der Waals surface area contributed by atoms with Gasteiger partial charge >= 0.3 is 0 Å². The number of amides is 1. The van der Waals surface area contributed by atoms with Gasteiger partial charge in [-0.05, 0) is 41.6 Å². The first-order valence-corrected chi connectivity index (χ1v) is 7.92. The van der Waals surface area contributed by atoms with Crippen molar-refractivity contribution in [3.63, 3.8) is 0 Å². The third kappa shape index (κ3) is 4.60. The number of likely N-dealkylation sites (N-methyl/N-ethyl adjacent to an activating group) is 1. The van der Waals surface area contributed by atoms with Crippen molar-refractivity contribution in [1.29, 1.82) is 0 Å². The largest absolute Gasteiger partial charge is 0.341 e. The molecule has 0 bridgehead atoms. The fourth-order valence-corrected chi connectivity index (χ4v) is 2.41. The van der Waals surface area contributed by atoms with E-state index in [4.69, 9.17) is 0 Å². The predicted molar refractivity (Wildman–Crippen MR) is 84.8 cm³/mol. The number of hydrogen-bond acceptors (Lipinski definition) is 2. The first kappa shape index (κ1) is 15.6.